The number of anilines is 2. The molecule has 0 aliphatic heterocycles. The van der Waals surface area contributed by atoms with Gasteiger partial charge in [0.15, 0.2) is 11.6 Å². The number of hydrogen-bond acceptors (Lipinski definition) is 16. The summed E-state index contributed by atoms with van der Waals surface area (Å²) in [4.78, 5) is 15.7. The zero-order chi connectivity index (χ0) is 40.0. The fourth-order valence-electron chi connectivity index (χ4n) is 5.50. The first kappa shape index (κ1) is 45.5. The number of carbonyl (C=O) groups is 1. The van der Waals surface area contributed by atoms with Crippen LogP contribution in [0.1, 0.15) is 15.9 Å². The van der Waals surface area contributed by atoms with Gasteiger partial charge >= 0.3 is 54.5 Å². The van der Waals surface area contributed by atoms with Gasteiger partial charge in [-0.3, -0.25) is 4.79 Å². The number of aromatic hydroxyl groups is 1. The SMILES string of the molecule is O=C(Nc1ccc(S(=O)(=O)[O-])c2cc(S(=O)(=O)[O-])c(N=Nc3ccc4c(CNc5nc(F)nc(F)c5Cl)cccc4c3S(=O)(=O)[O-])c(O)c12)c1ccccc1.[Li+].[Na+]. The topological polar surface area (TPSA) is 283 Å². The quantitative estimate of drug-likeness (QED) is 0.0511. The minimum atomic E-state index is -5.71. The third-order valence-electron chi connectivity index (χ3n) is 7.82. The molecular weight excluding hydrogens is 844 g/mol. The van der Waals surface area contributed by atoms with Gasteiger partial charge in [0.25, 0.3) is 5.91 Å². The number of aromatic nitrogens is 2. The van der Waals surface area contributed by atoms with Crippen LogP contribution >= 0.6 is 11.6 Å². The fraction of sp³-hybridized carbons (Fsp3) is 0.0312. The number of halogens is 3. The van der Waals surface area contributed by atoms with Crippen molar-refractivity contribution in [3.8, 4) is 5.75 Å². The maximum absolute atomic E-state index is 13.8. The fourth-order valence-corrected chi connectivity index (χ4v) is 7.77. The van der Waals surface area contributed by atoms with E-state index in [-0.39, 0.29) is 82.5 Å². The number of azo groups is 1. The summed E-state index contributed by atoms with van der Waals surface area (Å²) in [7, 11) is -16.6. The third kappa shape index (κ3) is 9.60. The molecule has 6 aromatic rings. The number of nitrogens with one attached hydrogen (secondary N) is 2. The molecule has 25 heteroatoms. The molecule has 6 rings (SSSR count). The van der Waals surface area contributed by atoms with Crippen molar-refractivity contribution in [1.82, 2.24) is 9.97 Å². The number of hydrogen-bond donors (Lipinski definition) is 3. The molecule has 17 nitrogen and oxygen atoms in total. The van der Waals surface area contributed by atoms with Gasteiger partial charge < -0.3 is 29.4 Å². The molecule has 0 saturated carbocycles. The van der Waals surface area contributed by atoms with Crippen LogP contribution < -0.4 is 59.1 Å². The molecular formula is C32H18ClF2LiN6NaO11S3-. The van der Waals surface area contributed by atoms with Gasteiger partial charge in [0.05, 0.1) is 25.8 Å². The normalized spacial score (nSPS) is 12.0. The van der Waals surface area contributed by atoms with Gasteiger partial charge in [-0.2, -0.15) is 18.7 Å². The molecule has 0 atom stereocenters. The number of carbonyl (C=O) groups excluding carboxylic acids is 1. The van der Waals surface area contributed by atoms with Crippen molar-refractivity contribution < 1.29 is 106 Å². The van der Waals surface area contributed by atoms with Gasteiger partial charge in [-0.25, -0.2) is 25.3 Å². The van der Waals surface area contributed by atoms with Crippen LogP contribution in [-0.4, -0.2) is 59.9 Å². The van der Waals surface area contributed by atoms with E-state index in [0.29, 0.717) is 12.1 Å². The summed E-state index contributed by atoms with van der Waals surface area (Å²) in [6.45, 7) is -0.286. The van der Waals surface area contributed by atoms with E-state index in [4.69, 9.17) is 11.6 Å². The molecule has 0 saturated heterocycles. The molecule has 0 aliphatic rings. The van der Waals surface area contributed by atoms with E-state index in [9.17, 15) is 57.6 Å². The minimum absolute atomic E-state index is 0. The van der Waals surface area contributed by atoms with Crippen molar-refractivity contribution in [2.45, 2.75) is 21.2 Å². The summed E-state index contributed by atoms with van der Waals surface area (Å²) in [6, 6.07) is 15.6. The van der Waals surface area contributed by atoms with Crippen LogP contribution in [0.5, 0.6) is 5.75 Å². The molecule has 5 aromatic carbocycles. The molecule has 0 radical (unpaired) electrons. The second-order valence-electron chi connectivity index (χ2n) is 11.2. The monoisotopic (exact) mass is 861 g/mol. The molecule has 1 amide bonds. The Bertz CT molecular complexity index is 2970. The van der Waals surface area contributed by atoms with E-state index in [1.807, 2.05) is 0 Å². The van der Waals surface area contributed by atoms with Crippen LogP contribution in [0, 0.1) is 12.0 Å². The Labute approximate surface area is 360 Å². The average molecular weight is 862 g/mol. The maximum atomic E-state index is 13.8. The van der Waals surface area contributed by atoms with Crippen molar-refractivity contribution in [2.24, 2.45) is 10.2 Å². The predicted octanol–water partition coefficient (Wildman–Crippen LogP) is -0.580. The van der Waals surface area contributed by atoms with Crippen LogP contribution in [0.4, 0.5) is 31.7 Å². The minimum Gasteiger partial charge on any atom is -0.744 e. The van der Waals surface area contributed by atoms with Crippen LogP contribution in [0.15, 0.2) is 104 Å². The Morgan fingerprint density at radius 2 is 1.46 bits per heavy atom. The van der Waals surface area contributed by atoms with Gasteiger partial charge in [0.1, 0.15) is 46.8 Å². The van der Waals surface area contributed by atoms with E-state index in [2.05, 4.69) is 30.8 Å². The van der Waals surface area contributed by atoms with Gasteiger partial charge in [-0.1, -0.05) is 54.1 Å². The summed E-state index contributed by atoms with van der Waals surface area (Å²) in [5, 5.41) is 21.3. The first-order valence-electron chi connectivity index (χ1n) is 14.9. The molecule has 57 heavy (non-hydrogen) atoms. The molecule has 0 unspecified atom stereocenters. The van der Waals surface area contributed by atoms with E-state index in [0.717, 1.165) is 12.1 Å². The number of phenols is 1. The number of phenolic OH excluding ortho intramolecular Hbond substituents is 1. The van der Waals surface area contributed by atoms with Gasteiger partial charge in [0, 0.05) is 22.9 Å². The summed E-state index contributed by atoms with van der Waals surface area (Å²) < 4.78 is 139. The number of amides is 1. The van der Waals surface area contributed by atoms with E-state index < -0.39 is 102 Å². The number of benzene rings is 5. The molecule has 3 N–H and O–H groups in total. The van der Waals surface area contributed by atoms with Crippen molar-refractivity contribution in [3.05, 3.63) is 107 Å². The van der Waals surface area contributed by atoms with Crippen LogP contribution in [0.3, 0.4) is 0 Å². The summed E-state index contributed by atoms with van der Waals surface area (Å²) >= 11 is 5.80. The third-order valence-corrected chi connectivity index (χ3v) is 10.8. The maximum Gasteiger partial charge on any atom is 1.00 e. The van der Waals surface area contributed by atoms with Crippen molar-refractivity contribution in [1.29, 1.82) is 0 Å². The molecule has 0 aliphatic carbocycles. The predicted molar refractivity (Wildman–Crippen MR) is 186 cm³/mol. The first-order valence-corrected chi connectivity index (χ1v) is 19.5. The van der Waals surface area contributed by atoms with Crippen LogP contribution in [-0.2, 0) is 36.9 Å². The number of rotatable bonds is 10. The van der Waals surface area contributed by atoms with Crippen LogP contribution in [0.25, 0.3) is 21.5 Å². The van der Waals surface area contributed by atoms with E-state index >= 15 is 0 Å². The Kier molecular flexibility index (Phi) is 13.9. The molecule has 0 spiro atoms. The summed E-state index contributed by atoms with van der Waals surface area (Å²) in [6.07, 6.45) is -1.44. The molecule has 0 fully saturated rings. The van der Waals surface area contributed by atoms with Gasteiger partial charge in [0.2, 0.25) is 5.95 Å². The molecule has 1 heterocycles. The molecule has 284 valence electrons. The first-order chi connectivity index (χ1) is 25.8. The number of nitrogens with zero attached hydrogens (tertiary/aromatic N) is 4. The summed E-state index contributed by atoms with van der Waals surface area (Å²) in [5.74, 6) is -3.91. The van der Waals surface area contributed by atoms with Gasteiger partial charge in [-0.05, 0) is 47.3 Å². The average Bonchev–Trinajstić information content (AvgIpc) is 3.10. The van der Waals surface area contributed by atoms with Gasteiger partial charge in [-0.15, -0.1) is 10.2 Å². The smallest absolute Gasteiger partial charge is 0.744 e. The Balaban J connectivity index is 0.00000360. The zero-order valence-corrected chi connectivity index (χ0v) is 34.1. The molecule has 1 aromatic heterocycles. The second-order valence-corrected chi connectivity index (χ2v) is 15.6. The van der Waals surface area contributed by atoms with Crippen molar-refractivity contribution in [2.75, 3.05) is 10.6 Å². The summed E-state index contributed by atoms with van der Waals surface area (Å²) in [5.41, 5.74) is -1.99. The van der Waals surface area contributed by atoms with E-state index in [1.54, 1.807) is 6.07 Å². The second kappa shape index (κ2) is 17.4. The van der Waals surface area contributed by atoms with Crippen molar-refractivity contribution in [3.63, 3.8) is 0 Å². The standard InChI is InChI=1S/C32H21ClF2N6O11S3.Li.Na/c33-25-29(34)38-32(35)39-30(25)36-14-16-7-4-8-18-17(16)9-10-21(28(18)55(50,51)52)40-41-26-23(54(47,48)49)13-19-22(53(44,45)46)12-11-20(24(19)27(26)42)37-31(43)15-5-2-1-3-6-15;;/h1-13,42H,14H2,(H,37,43)(H,36,38,39)(H,44,45,46)(H,47,48,49)(H,50,51,52);;/q;2*+1/p-3. The Hall–Kier alpha value is -4.15. The van der Waals surface area contributed by atoms with Crippen LogP contribution in [0.2, 0.25) is 5.02 Å². The number of fused-ring (bicyclic) bond motifs is 2. The van der Waals surface area contributed by atoms with Crippen molar-refractivity contribution >= 4 is 92.3 Å². The largest absolute Gasteiger partial charge is 1.00 e. The molecule has 0 bridgehead atoms. The Morgan fingerprint density at radius 1 is 0.789 bits per heavy atom. The Morgan fingerprint density at radius 3 is 2.09 bits per heavy atom. The van der Waals surface area contributed by atoms with E-state index in [1.165, 1.54) is 48.5 Å². The zero-order valence-electron chi connectivity index (χ0n) is 28.9.